The number of fused-ring (bicyclic) bond motifs is 1. The first-order valence-electron chi connectivity index (χ1n) is 24.6. The Morgan fingerprint density at radius 1 is 0.743 bits per heavy atom. The molecule has 17 nitrogen and oxygen atoms in total. The fourth-order valence-electron chi connectivity index (χ4n) is 10.4. The van der Waals surface area contributed by atoms with E-state index >= 15 is 0 Å². The van der Waals surface area contributed by atoms with E-state index in [-0.39, 0.29) is 36.4 Å². The van der Waals surface area contributed by atoms with Crippen molar-refractivity contribution in [2.45, 2.75) is 64.1 Å². The van der Waals surface area contributed by atoms with Gasteiger partial charge in [-0.2, -0.15) is 15.5 Å². The molecule has 3 aromatic carbocycles. The Hall–Kier alpha value is -7.13. The van der Waals surface area contributed by atoms with E-state index in [4.69, 9.17) is 4.74 Å². The number of nitrogens with one attached hydrogen (secondary N) is 1. The third-order valence-electron chi connectivity index (χ3n) is 14.6. The number of piperidine rings is 3. The smallest absolute Gasteiger partial charge is 0.275 e. The van der Waals surface area contributed by atoms with E-state index in [1.165, 1.54) is 28.3 Å². The molecule has 4 saturated heterocycles. The van der Waals surface area contributed by atoms with Gasteiger partial charge in [0.05, 0.1) is 54.0 Å². The van der Waals surface area contributed by atoms with Crippen molar-refractivity contribution >= 4 is 28.3 Å². The van der Waals surface area contributed by atoms with E-state index in [2.05, 4.69) is 57.2 Å². The Morgan fingerprint density at radius 3 is 2.21 bits per heavy atom. The van der Waals surface area contributed by atoms with Crippen molar-refractivity contribution in [2.24, 2.45) is 5.92 Å². The van der Waals surface area contributed by atoms with Gasteiger partial charge in [-0.05, 0) is 119 Å². The lowest BCUT2D eigenvalue weighted by atomic mass is 9.97. The fourth-order valence-corrected chi connectivity index (χ4v) is 10.4. The van der Waals surface area contributed by atoms with Crippen LogP contribution in [-0.2, 0) is 16.1 Å². The summed E-state index contributed by atoms with van der Waals surface area (Å²) in [6.07, 6.45) is 8.52. The largest absolute Gasteiger partial charge is 0.490 e. The topological polar surface area (TPSA) is 188 Å². The molecular weight excluding hydrogens is 885 g/mol. The maximum absolute atomic E-state index is 13.4. The number of imide groups is 1. The second kappa shape index (κ2) is 20.8. The number of hydrogen-bond donors (Lipinski definition) is 1. The van der Waals surface area contributed by atoms with Gasteiger partial charge in [-0.15, -0.1) is 0 Å². The highest BCUT2D eigenvalue weighted by Crippen LogP contribution is 2.28. The van der Waals surface area contributed by atoms with Crippen molar-refractivity contribution in [1.29, 1.82) is 5.26 Å². The number of nitriles is 1. The molecule has 1 unspecified atom stereocenters. The lowest BCUT2D eigenvalue weighted by Gasteiger charge is -2.43. The monoisotopic (exact) mass is 942 g/mol. The Balaban J connectivity index is 0.629. The lowest BCUT2D eigenvalue weighted by Crippen LogP contribution is -2.53. The molecule has 4 fully saturated rings. The quantitative estimate of drug-likeness (QED) is 0.158. The molecular formula is C53H58N12O5. The maximum atomic E-state index is 13.4. The molecule has 1 atom stereocenters. The molecule has 0 bridgehead atoms. The first-order valence-corrected chi connectivity index (χ1v) is 24.6. The summed E-state index contributed by atoms with van der Waals surface area (Å²) >= 11 is 0. The van der Waals surface area contributed by atoms with Crippen LogP contribution in [0.25, 0.3) is 33.4 Å². The number of amides is 2. The summed E-state index contributed by atoms with van der Waals surface area (Å²) < 4.78 is 8.87. The zero-order valence-electron chi connectivity index (χ0n) is 39.6. The molecule has 360 valence electrons. The standard InChI is InChI=1S/C53H58N12O5/c1-36-46-30-43(8-9-45(46)53(69)65(58-36)48-11-12-49(66)57-52(48)68)63-26-24-62(25-27-63)42-16-20-61(21-17-42)23-22-60-18-14-37(15-19-60)35-70-44-32-55-51(56-33-44)41-7-3-5-39(29-41)34-64-50(67)13-10-47(59-64)40-6-2-4-38(28-40)31-54/h2-10,13,28-30,32-33,37,42,48H,11-12,14-27,34-35H2,1H3,(H,57,66,68). The number of ether oxygens (including phenoxy) is 1. The van der Waals surface area contributed by atoms with Gasteiger partial charge < -0.3 is 19.4 Å². The number of rotatable bonds is 13. The minimum absolute atomic E-state index is 0.190. The third kappa shape index (κ3) is 10.5. The minimum atomic E-state index is -0.779. The van der Waals surface area contributed by atoms with Gasteiger partial charge in [0, 0.05) is 80.0 Å². The Kier molecular flexibility index (Phi) is 13.9. The highest BCUT2D eigenvalue weighted by Gasteiger charge is 2.32. The zero-order valence-corrected chi connectivity index (χ0v) is 39.6. The summed E-state index contributed by atoms with van der Waals surface area (Å²) in [6.45, 7) is 13.3. The first-order chi connectivity index (χ1) is 34.1. The predicted molar refractivity (Wildman–Crippen MR) is 265 cm³/mol. The summed E-state index contributed by atoms with van der Waals surface area (Å²) in [5.74, 6) is 0.926. The predicted octanol–water partition coefficient (Wildman–Crippen LogP) is 4.66. The molecule has 0 aliphatic carbocycles. The lowest BCUT2D eigenvalue weighted by molar-refractivity contribution is -0.136. The molecule has 70 heavy (non-hydrogen) atoms. The van der Waals surface area contributed by atoms with Gasteiger partial charge in [0.1, 0.15) is 6.04 Å². The number of piperazine rings is 1. The van der Waals surface area contributed by atoms with Crippen LogP contribution in [0.15, 0.2) is 101 Å². The van der Waals surface area contributed by atoms with Crippen LogP contribution in [0.2, 0.25) is 0 Å². The van der Waals surface area contributed by atoms with Crippen LogP contribution in [-0.4, -0.2) is 134 Å². The molecule has 1 N–H and O–H groups in total. The average molecular weight is 943 g/mol. The van der Waals surface area contributed by atoms with Crippen molar-refractivity contribution in [1.82, 2.24) is 49.5 Å². The average Bonchev–Trinajstić information content (AvgIpc) is 3.40. The number of aromatic nitrogens is 6. The van der Waals surface area contributed by atoms with Crippen molar-refractivity contribution in [3.8, 4) is 34.5 Å². The van der Waals surface area contributed by atoms with Crippen molar-refractivity contribution < 1.29 is 14.3 Å². The van der Waals surface area contributed by atoms with Crippen LogP contribution in [0, 0.1) is 24.2 Å². The molecule has 2 amide bonds. The highest BCUT2D eigenvalue weighted by molar-refractivity contribution is 5.99. The minimum Gasteiger partial charge on any atom is -0.490 e. The number of hydrogen-bond acceptors (Lipinski definition) is 14. The van der Waals surface area contributed by atoms with Gasteiger partial charge in [-0.1, -0.05) is 30.3 Å². The van der Waals surface area contributed by atoms with Gasteiger partial charge in [-0.25, -0.2) is 19.3 Å². The summed E-state index contributed by atoms with van der Waals surface area (Å²) in [5.41, 5.74) is 4.90. The molecule has 0 radical (unpaired) electrons. The zero-order chi connectivity index (χ0) is 48.1. The van der Waals surface area contributed by atoms with Crippen LogP contribution in [0.5, 0.6) is 5.75 Å². The number of carbonyl (C=O) groups excluding carboxylic acids is 2. The van der Waals surface area contributed by atoms with Crippen LogP contribution in [0.3, 0.4) is 0 Å². The van der Waals surface area contributed by atoms with E-state index in [1.807, 2.05) is 49.4 Å². The van der Waals surface area contributed by atoms with Crippen LogP contribution < -0.4 is 26.1 Å². The van der Waals surface area contributed by atoms with E-state index in [1.54, 1.807) is 36.7 Å². The number of nitrogens with zero attached hydrogens (tertiary/aromatic N) is 11. The maximum Gasteiger partial charge on any atom is 0.275 e. The van der Waals surface area contributed by atoms with E-state index < -0.39 is 11.9 Å². The van der Waals surface area contributed by atoms with Gasteiger partial charge in [0.15, 0.2) is 11.6 Å². The van der Waals surface area contributed by atoms with Gasteiger partial charge >= 0.3 is 0 Å². The van der Waals surface area contributed by atoms with Crippen molar-refractivity contribution in [3.63, 3.8) is 0 Å². The molecule has 4 aliphatic heterocycles. The molecule has 10 rings (SSSR count). The molecule has 0 spiro atoms. The Morgan fingerprint density at radius 2 is 1.47 bits per heavy atom. The third-order valence-corrected chi connectivity index (χ3v) is 14.6. The first kappa shape index (κ1) is 46.6. The second-order valence-corrected chi connectivity index (χ2v) is 19.1. The number of anilines is 1. The SMILES string of the molecule is Cc1nn(C2CCC(=O)NC2=O)c(=O)c2ccc(N3CCN(C4CCN(CCN5CCC(COc6cnc(-c7cccc(Cn8nc(-c9cccc(C#N)c9)ccc8=O)c7)nc6)CC5)CC4)CC3)cc12. The summed E-state index contributed by atoms with van der Waals surface area (Å²) in [6, 6.07) is 26.1. The summed E-state index contributed by atoms with van der Waals surface area (Å²) in [7, 11) is 0. The molecule has 17 heteroatoms. The number of likely N-dealkylation sites (tertiary alicyclic amines) is 2. The highest BCUT2D eigenvalue weighted by atomic mass is 16.5. The molecule has 0 saturated carbocycles. The van der Waals surface area contributed by atoms with Gasteiger partial charge in [0.2, 0.25) is 5.91 Å². The van der Waals surface area contributed by atoms with Gasteiger partial charge in [0.25, 0.3) is 17.0 Å². The Labute approximate surface area is 406 Å². The van der Waals surface area contributed by atoms with Gasteiger partial charge in [-0.3, -0.25) is 29.4 Å². The second-order valence-electron chi connectivity index (χ2n) is 19.1. The fraction of sp³-hybridized carbons (Fsp3) is 0.415. The Bertz CT molecular complexity index is 3030. The van der Waals surface area contributed by atoms with E-state index in [0.717, 1.165) is 106 Å². The molecule has 7 heterocycles. The number of benzene rings is 3. The molecule has 3 aromatic heterocycles. The molecule has 4 aliphatic rings. The van der Waals surface area contributed by atoms with E-state index in [0.29, 0.717) is 52.5 Å². The molecule has 6 aromatic rings. The van der Waals surface area contributed by atoms with Crippen LogP contribution >= 0.6 is 0 Å². The van der Waals surface area contributed by atoms with Crippen molar-refractivity contribution in [3.05, 3.63) is 129 Å². The van der Waals surface area contributed by atoms with Crippen LogP contribution in [0.4, 0.5) is 5.69 Å². The normalized spacial score (nSPS) is 19.0. The number of carbonyl (C=O) groups is 2. The van der Waals surface area contributed by atoms with E-state index in [9.17, 15) is 24.4 Å². The van der Waals surface area contributed by atoms with Crippen LogP contribution in [0.1, 0.15) is 61.4 Å². The summed E-state index contributed by atoms with van der Waals surface area (Å²) in [4.78, 5) is 69.9. The summed E-state index contributed by atoms with van der Waals surface area (Å²) in [5, 5.41) is 22.1. The number of aryl methyl sites for hydroxylation is 1. The van der Waals surface area contributed by atoms with Crippen molar-refractivity contribution in [2.75, 3.05) is 77.0 Å².